The van der Waals surface area contributed by atoms with Crippen molar-refractivity contribution in [1.29, 1.82) is 10.5 Å². The van der Waals surface area contributed by atoms with Crippen molar-refractivity contribution in [3.05, 3.63) is 64.8 Å². The number of ether oxygens (including phenoxy) is 1. The standard InChI is InChI=1S/C23H15N3O3/c1-2-11-29-21-8-7-16(13-20(21)26-22(27)9-10-23(26)28)12-18(15-25)19-6-4-3-5-17(19)14-24/h1,4,6-10,12-13H,3,5,11H2/b18-12+. The van der Waals surface area contributed by atoms with Crippen LogP contribution in [0.15, 0.2) is 59.2 Å². The number of amides is 2. The van der Waals surface area contributed by atoms with Gasteiger partial charge in [0, 0.05) is 23.3 Å². The van der Waals surface area contributed by atoms with Gasteiger partial charge < -0.3 is 4.74 Å². The van der Waals surface area contributed by atoms with E-state index in [2.05, 4.69) is 18.1 Å². The molecule has 0 aromatic heterocycles. The molecule has 0 unspecified atom stereocenters. The molecule has 140 valence electrons. The first kappa shape index (κ1) is 19.4. The van der Waals surface area contributed by atoms with Gasteiger partial charge in [-0.25, -0.2) is 4.90 Å². The molecule has 0 radical (unpaired) electrons. The highest BCUT2D eigenvalue weighted by Gasteiger charge is 2.28. The zero-order chi connectivity index (χ0) is 20.8. The molecule has 2 amide bonds. The molecule has 0 N–H and O–H groups in total. The van der Waals surface area contributed by atoms with Gasteiger partial charge in [-0.3, -0.25) is 9.59 Å². The van der Waals surface area contributed by atoms with Crippen molar-refractivity contribution in [2.45, 2.75) is 12.8 Å². The van der Waals surface area contributed by atoms with Crippen LogP contribution in [-0.4, -0.2) is 18.4 Å². The number of hydrogen-bond acceptors (Lipinski definition) is 5. The first-order valence-corrected chi connectivity index (χ1v) is 8.77. The number of nitrogens with zero attached hydrogens (tertiary/aromatic N) is 3. The van der Waals surface area contributed by atoms with E-state index in [1.165, 1.54) is 12.2 Å². The molecule has 1 aliphatic heterocycles. The average molecular weight is 381 g/mol. The van der Waals surface area contributed by atoms with Crippen LogP contribution in [-0.2, 0) is 9.59 Å². The lowest BCUT2D eigenvalue weighted by Crippen LogP contribution is -2.30. The summed E-state index contributed by atoms with van der Waals surface area (Å²) < 4.78 is 5.47. The zero-order valence-corrected chi connectivity index (χ0v) is 15.4. The fraction of sp³-hybridized carbons (Fsp3) is 0.130. The number of rotatable bonds is 5. The molecule has 3 rings (SSSR count). The van der Waals surface area contributed by atoms with E-state index in [0.717, 1.165) is 11.3 Å². The number of benzene rings is 1. The normalized spacial score (nSPS) is 15.9. The predicted octanol–water partition coefficient (Wildman–Crippen LogP) is 3.21. The first-order valence-electron chi connectivity index (χ1n) is 8.77. The summed E-state index contributed by atoms with van der Waals surface area (Å²) >= 11 is 0. The minimum atomic E-state index is -0.494. The maximum absolute atomic E-state index is 12.1. The van der Waals surface area contributed by atoms with Crippen LogP contribution in [0.4, 0.5) is 5.69 Å². The quantitative estimate of drug-likeness (QED) is 0.443. The van der Waals surface area contributed by atoms with Gasteiger partial charge in [0.05, 0.1) is 23.4 Å². The summed E-state index contributed by atoms with van der Waals surface area (Å²) in [5.74, 6) is 1.63. The van der Waals surface area contributed by atoms with Crippen LogP contribution in [0.3, 0.4) is 0 Å². The largest absolute Gasteiger partial charge is 0.479 e. The van der Waals surface area contributed by atoms with Crippen LogP contribution in [0, 0.1) is 35.0 Å². The molecule has 0 saturated carbocycles. The van der Waals surface area contributed by atoms with Crippen LogP contribution >= 0.6 is 0 Å². The molecule has 0 saturated heterocycles. The second-order valence-corrected chi connectivity index (χ2v) is 6.18. The molecule has 0 fully saturated rings. The van der Waals surface area contributed by atoms with Crippen molar-refractivity contribution >= 4 is 23.6 Å². The SMILES string of the molecule is C#CCOc1ccc(/C=C(\C#N)C2=C(C#N)CCC=C2)cc1N1C(=O)C=CC1=O. The van der Waals surface area contributed by atoms with Gasteiger partial charge >= 0.3 is 0 Å². The molecule has 2 aliphatic rings. The molecule has 0 atom stereocenters. The number of carbonyl (C=O) groups is 2. The van der Waals surface area contributed by atoms with Crippen molar-refractivity contribution in [3.63, 3.8) is 0 Å². The van der Waals surface area contributed by atoms with E-state index in [4.69, 9.17) is 11.2 Å². The van der Waals surface area contributed by atoms with Gasteiger partial charge in [0.15, 0.2) is 0 Å². The van der Waals surface area contributed by atoms with Crippen LogP contribution < -0.4 is 9.64 Å². The molecule has 1 heterocycles. The van der Waals surface area contributed by atoms with E-state index in [1.54, 1.807) is 30.4 Å². The van der Waals surface area contributed by atoms with E-state index in [1.807, 2.05) is 6.08 Å². The monoisotopic (exact) mass is 381 g/mol. The van der Waals surface area contributed by atoms with Crippen LogP contribution in [0.2, 0.25) is 0 Å². The molecule has 6 nitrogen and oxygen atoms in total. The molecule has 1 aromatic carbocycles. The van der Waals surface area contributed by atoms with Crippen molar-refractivity contribution in [2.75, 3.05) is 11.5 Å². The second-order valence-electron chi connectivity index (χ2n) is 6.18. The van der Waals surface area contributed by atoms with E-state index < -0.39 is 11.8 Å². The summed E-state index contributed by atoms with van der Waals surface area (Å²) in [6.07, 6.45) is 14.2. The van der Waals surface area contributed by atoms with Crippen LogP contribution in [0.25, 0.3) is 6.08 Å². The van der Waals surface area contributed by atoms with E-state index >= 15 is 0 Å². The Bertz CT molecular complexity index is 1110. The van der Waals surface area contributed by atoms with Gasteiger partial charge in [-0.1, -0.05) is 24.1 Å². The average Bonchev–Trinajstić information content (AvgIpc) is 3.08. The van der Waals surface area contributed by atoms with Gasteiger partial charge in [0.1, 0.15) is 12.4 Å². The van der Waals surface area contributed by atoms with Crippen molar-refractivity contribution in [2.24, 2.45) is 0 Å². The Kier molecular flexibility index (Phi) is 5.74. The van der Waals surface area contributed by atoms with Gasteiger partial charge in [-0.05, 0) is 36.6 Å². The Labute approximate surface area is 168 Å². The number of carbonyl (C=O) groups excluding carboxylic acids is 2. The number of anilines is 1. The maximum Gasteiger partial charge on any atom is 0.258 e. The van der Waals surface area contributed by atoms with Crippen LogP contribution in [0.1, 0.15) is 18.4 Å². The topological polar surface area (TPSA) is 94.2 Å². The lowest BCUT2D eigenvalue weighted by atomic mass is 9.92. The highest BCUT2D eigenvalue weighted by Crippen LogP contribution is 2.33. The Morgan fingerprint density at radius 1 is 1.21 bits per heavy atom. The molecule has 29 heavy (non-hydrogen) atoms. The smallest absolute Gasteiger partial charge is 0.258 e. The van der Waals surface area contributed by atoms with E-state index in [0.29, 0.717) is 28.7 Å². The molecular formula is C23H15N3O3. The van der Waals surface area contributed by atoms with Crippen molar-refractivity contribution < 1.29 is 14.3 Å². The summed E-state index contributed by atoms with van der Waals surface area (Å²) in [7, 11) is 0. The Hall–Kier alpha value is -4.34. The Morgan fingerprint density at radius 3 is 2.62 bits per heavy atom. The van der Waals surface area contributed by atoms with E-state index in [-0.39, 0.29) is 18.0 Å². The predicted molar refractivity (Wildman–Crippen MR) is 107 cm³/mol. The van der Waals surface area contributed by atoms with Gasteiger partial charge in [0.25, 0.3) is 11.8 Å². The second kappa shape index (κ2) is 8.57. The lowest BCUT2D eigenvalue weighted by molar-refractivity contribution is -0.120. The minimum absolute atomic E-state index is 0.0293. The third-order valence-corrected chi connectivity index (χ3v) is 4.37. The molecular weight excluding hydrogens is 366 g/mol. The summed E-state index contributed by atoms with van der Waals surface area (Å²) in [6, 6.07) is 9.12. The molecule has 6 heteroatoms. The number of allylic oxidation sites excluding steroid dienone is 5. The number of terminal acetylenes is 1. The Morgan fingerprint density at radius 2 is 1.97 bits per heavy atom. The third-order valence-electron chi connectivity index (χ3n) is 4.37. The van der Waals surface area contributed by atoms with Gasteiger partial charge in [-0.2, -0.15) is 10.5 Å². The van der Waals surface area contributed by atoms with Crippen LogP contribution in [0.5, 0.6) is 5.75 Å². The fourth-order valence-corrected chi connectivity index (χ4v) is 3.05. The first-order chi connectivity index (χ1) is 14.1. The maximum atomic E-state index is 12.1. The number of imide groups is 1. The van der Waals surface area contributed by atoms with Crippen molar-refractivity contribution in [1.82, 2.24) is 0 Å². The lowest BCUT2D eigenvalue weighted by Gasteiger charge is -2.18. The molecule has 0 spiro atoms. The third kappa shape index (κ3) is 4.00. The molecule has 0 bridgehead atoms. The Balaban J connectivity index is 2.08. The van der Waals surface area contributed by atoms with Gasteiger partial charge in [0.2, 0.25) is 0 Å². The van der Waals surface area contributed by atoms with Gasteiger partial charge in [-0.15, -0.1) is 6.42 Å². The molecule has 1 aromatic rings. The number of nitriles is 2. The fourth-order valence-electron chi connectivity index (χ4n) is 3.05. The van der Waals surface area contributed by atoms with E-state index in [9.17, 15) is 20.1 Å². The minimum Gasteiger partial charge on any atom is -0.479 e. The summed E-state index contributed by atoms with van der Waals surface area (Å²) in [5, 5.41) is 19.0. The zero-order valence-electron chi connectivity index (χ0n) is 15.4. The van der Waals surface area contributed by atoms with Crippen molar-refractivity contribution in [3.8, 4) is 30.2 Å². The highest BCUT2D eigenvalue weighted by atomic mass is 16.5. The number of hydrogen-bond donors (Lipinski definition) is 0. The summed E-state index contributed by atoms with van der Waals surface area (Å²) in [5.41, 5.74) is 2.24. The highest BCUT2D eigenvalue weighted by molar-refractivity contribution is 6.28. The molecule has 1 aliphatic carbocycles. The summed E-state index contributed by atoms with van der Waals surface area (Å²) in [6.45, 7) is -0.0293. The summed E-state index contributed by atoms with van der Waals surface area (Å²) in [4.78, 5) is 25.2.